The van der Waals surface area contributed by atoms with Crippen molar-refractivity contribution in [2.75, 3.05) is 6.54 Å². The van der Waals surface area contributed by atoms with Crippen LogP contribution in [0.25, 0.3) is 0 Å². The van der Waals surface area contributed by atoms with E-state index in [0.29, 0.717) is 5.11 Å². The Morgan fingerprint density at radius 1 is 1.38 bits per heavy atom. The van der Waals surface area contributed by atoms with Gasteiger partial charge in [-0.3, -0.25) is 0 Å². The minimum Gasteiger partial charge on any atom is -0.363 e. The van der Waals surface area contributed by atoms with Crippen LogP contribution in [0, 0.1) is 0 Å². The molecule has 2 N–H and O–H groups in total. The fraction of sp³-hybridized carbons (Fsp3) is 0.909. The van der Waals surface area contributed by atoms with Crippen molar-refractivity contribution in [1.82, 2.24) is 10.6 Å². The van der Waals surface area contributed by atoms with Gasteiger partial charge in [0.1, 0.15) is 6.23 Å². The summed E-state index contributed by atoms with van der Waals surface area (Å²) < 4.78 is 11.0. The molecule has 1 saturated heterocycles. The minimum absolute atomic E-state index is 0.0413. The van der Waals surface area contributed by atoms with Gasteiger partial charge in [-0.25, -0.2) is 0 Å². The lowest BCUT2D eigenvalue weighted by Gasteiger charge is -2.33. The Kier molecular flexibility index (Phi) is 6.01. The van der Waals surface area contributed by atoms with Crippen molar-refractivity contribution in [2.45, 2.75) is 58.7 Å². The minimum atomic E-state index is -0.167. The molecule has 1 aliphatic rings. The van der Waals surface area contributed by atoms with Gasteiger partial charge in [0, 0.05) is 13.0 Å². The Balaban J connectivity index is 2.22. The topological polar surface area (TPSA) is 42.5 Å². The zero-order chi connectivity index (χ0) is 12.0. The standard InChI is InChI=1S/C11H22N2O2S/c1-4-5-6-12-11(16)13-10-7-8(2)14-9(3)15-10/h8-10H,4-7H2,1-3H3,(H2,12,13,16)/t8-,9-,10-/m0/s1. The Morgan fingerprint density at radius 3 is 2.75 bits per heavy atom. The van der Waals surface area contributed by atoms with E-state index in [0.717, 1.165) is 25.8 Å². The van der Waals surface area contributed by atoms with Crippen LogP contribution in [0.3, 0.4) is 0 Å². The Labute approximate surface area is 103 Å². The normalized spacial score (nSPS) is 29.8. The van der Waals surface area contributed by atoms with Crippen LogP contribution >= 0.6 is 12.2 Å². The second-order valence-electron chi connectivity index (χ2n) is 4.13. The predicted octanol–water partition coefficient (Wildman–Crippen LogP) is 1.75. The van der Waals surface area contributed by atoms with Gasteiger partial charge in [0.15, 0.2) is 11.4 Å². The predicted molar refractivity (Wildman–Crippen MR) is 68.1 cm³/mol. The molecule has 94 valence electrons. The number of hydrogen-bond acceptors (Lipinski definition) is 3. The van der Waals surface area contributed by atoms with Gasteiger partial charge in [-0.15, -0.1) is 0 Å². The van der Waals surface area contributed by atoms with E-state index in [1.807, 2.05) is 13.8 Å². The quantitative estimate of drug-likeness (QED) is 0.584. The van der Waals surface area contributed by atoms with Gasteiger partial charge in [-0.05, 0) is 32.5 Å². The van der Waals surface area contributed by atoms with Crippen molar-refractivity contribution in [2.24, 2.45) is 0 Å². The van der Waals surface area contributed by atoms with Crippen molar-refractivity contribution in [3.8, 4) is 0 Å². The molecule has 1 fully saturated rings. The smallest absolute Gasteiger partial charge is 0.168 e. The highest BCUT2D eigenvalue weighted by atomic mass is 32.1. The summed E-state index contributed by atoms with van der Waals surface area (Å²) in [6.07, 6.45) is 3.11. The molecule has 0 spiro atoms. The monoisotopic (exact) mass is 246 g/mol. The van der Waals surface area contributed by atoms with Crippen molar-refractivity contribution in [3.63, 3.8) is 0 Å². The van der Waals surface area contributed by atoms with Crippen LogP contribution in [-0.4, -0.2) is 30.3 Å². The molecule has 16 heavy (non-hydrogen) atoms. The Morgan fingerprint density at radius 2 is 2.12 bits per heavy atom. The Hall–Kier alpha value is -0.390. The van der Waals surface area contributed by atoms with E-state index in [4.69, 9.17) is 21.7 Å². The molecule has 4 nitrogen and oxygen atoms in total. The molecule has 0 bridgehead atoms. The summed E-state index contributed by atoms with van der Waals surface area (Å²) in [5.41, 5.74) is 0. The number of unbranched alkanes of at least 4 members (excludes halogenated alkanes) is 1. The number of hydrogen-bond donors (Lipinski definition) is 2. The van der Waals surface area contributed by atoms with Gasteiger partial charge in [-0.1, -0.05) is 13.3 Å². The average Bonchev–Trinajstić information content (AvgIpc) is 2.16. The van der Waals surface area contributed by atoms with E-state index >= 15 is 0 Å². The van der Waals surface area contributed by atoms with Gasteiger partial charge in [0.2, 0.25) is 0 Å². The lowest BCUT2D eigenvalue weighted by molar-refractivity contribution is -0.232. The van der Waals surface area contributed by atoms with Crippen LogP contribution in [0.2, 0.25) is 0 Å². The first-order chi connectivity index (χ1) is 7.61. The molecule has 3 atom stereocenters. The van der Waals surface area contributed by atoms with E-state index in [1.54, 1.807) is 0 Å². The highest BCUT2D eigenvalue weighted by Crippen LogP contribution is 2.15. The zero-order valence-corrected chi connectivity index (χ0v) is 11.1. The van der Waals surface area contributed by atoms with Gasteiger partial charge in [0.25, 0.3) is 0 Å². The lowest BCUT2D eigenvalue weighted by Crippen LogP contribution is -2.49. The molecular weight excluding hydrogens is 224 g/mol. The first-order valence-corrected chi connectivity index (χ1v) is 6.38. The van der Waals surface area contributed by atoms with Gasteiger partial charge < -0.3 is 20.1 Å². The number of ether oxygens (including phenoxy) is 2. The van der Waals surface area contributed by atoms with Crippen LogP contribution in [-0.2, 0) is 9.47 Å². The molecule has 0 aliphatic carbocycles. The van der Waals surface area contributed by atoms with Gasteiger partial charge in [0.05, 0.1) is 6.10 Å². The molecular formula is C11H22N2O2S. The third-order valence-electron chi connectivity index (χ3n) is 2.43. The van der Waals surface area contributed by atoms with Crippen LogP contribution in [0.5, 0.6) is 0 Å². The third kappa shape index (κ3) is 5.09. The molecule has 0 aromatic carbocycles. The van der Waals surface area contributed by atoms with E-state index in [9.17, 15) is 0 Å². The zero-order valence-electron chi connectivity index (χ0n) is 10.3. The van der Waals surface area contributed by atoms with Crippen LogP contribution < -0.4 is 10.6 Å². The largest absolute Gasteiger partial charge is 0.363 e. The molecule has 5 heteroatoms. The molecule has 0 saturated carbocycles. The summed E-state index contributed by atoms with van der Waals surface area (Å²) in [5, 5.41) is 6.98. The number of thiocarbonyl (C=S) groups is 1. The van der Waals surface area contributed by atoms with Crippen LogP contribution in [0.15, 0.2) is 0 Å². The van der Waals surface area contributed by atoms with E-state index in [2.05, 4.69) is 17.6 Å². The molecule has 0 aromatic rings. The maximum absolute atomic E-state index is 5.57. The van der Waals surface area contributed by atoms with Crippen molar-refractivity contribution in [3.05, 3.63) is 0 Å². The van der Waals surface area contributed by atoms with Crippen molar-refractivity contribution in [1.29, 1.82) is 0 Å². The second-order valence-corrected chi connectivity index (χ2v) is 4.54. The van der Waals surface area contributed by atoms with Gasteiger partial charge >= 0.3 is 0 Å². The summed E-state index contributed by atoms with van der Waals surface area (Å²) in [5.74, 6) is 0. The maximum atomic E-state index is 5.57. The van der Waals surface area contributed by atoms with E-state index in [-0.39, 0.29) is 18.6 Å². The van der Waals surface area contributed by atoms with E-state index < -0.39 is 0 Å². The third-order valence-corrected chi connectivity index (χ3v) is 2.70. The van der Waals surface area contributed by atoms with Crippen molar-refractivity contribution >= 4 is 17.3 Å². The fourth-order valence-corrected chi connectivity index (χ4v) is 1.91. The van der Waals surface area contributed by atoms with Crippen LogP contribution in [0.4, 0.5) is 0 Å². The van der Waals surface area contributed by atoms with Crippen LogP contribution in [0.1, 0.15) is 40.0 Å². The summed E-state index contributed by atoms with van der Waals surface area (Å²) in [6.45, 7) is 7.01. The molecule has 0 amide bonds. The molecule has 0 unspecified atom stereocenters. The number of nitrogens with one attached hydrogen (secondary N) is 2. The summed E-state index contributed by atoms with van der Waals surface area (Å²) in [6, 6.07) is 0. The SMILES string of the molecule is CCCCNC(=S)N[C@@H]1C[C@H](C)O[C@H](C)O1. The fourth-order valence-electron chi connectivity index (χ4n) is 1.67. The first-order valence-electron chi connectivity index (χ1n) is 5.97. The summed E-state index contributed by atoms with van der Waals surface area (Å²) >= 11 is 5.18. The molecule has 1 aliphatic heterocycles. The molecule has 1 heterocycles. The lowest BCUT2D eigenvalue weighted by atomic mass is 10.2. The maximum Gasteiger partial charge on any atom is 0.168 e. The molecule has 1 rings (SSSR count). The summed E-state index contributed by atoms with van der Waals surface area (Å²) in [4.78, 5) is 0. The highest BCUT2D eigenvalue weighted by molar-refractivity contribution is 7.80. The van der Waals surface area contributed by atoms with Crippen molar-refractivity contribution < 1.29 is 9.47 Å². The highest BCUT2D eigenvalue weighted by Gasteiger charge is 2.24. The second kappa shape index (κ2) is 7.04. The number of rotatable bonds is 4. The Bertz CT molecular complexity index is 216. The average molecular weight is 246 g/mol. The molecule has 0 aromatic heterocycles. The summed E-state index contributed by atoms with van der Waals surface area (Å²) in [7, 11) is 0. The van der Waals surface area contributed by atoms with Gasteiger partial charge in [-0.2, -0.15) is 0 Å². The molecule has 0 radical (unpaired) electrons. The van der Waals surface area contributed by atoms with E-state index in [1.165, 1.54) is 0 Å². The first kappa shape index (κ1) is 13.7.